The summed E-state index contributed by atoms with van der Waals surface area (Å²) >= 11 is 0. The third-order valence-corrected chi connectivity index (χ3v) is 3.83. The first-order chi connectivity index (χ1) is 5.22. The number of carboxylic acids is 1. The normalized spacial score (nSPS) is 63.4. The minimum Gasteiger partial charge on any atom is -0.481 e. The first-order valence-electron chi connectivity index (χ1n) is 4.12. The topological polar surface area (TPSA) is 57.5 Å². The number of aliphatic hydroxyl groups excluding tert-OH is 1. The van der Waals surface area contributed by atoms with Crippen molar-refractivity contribution >= 4 is 5.97 Å². The predicted molar refractivity (Wildman–Crippen MR) is 35.7 cm³/mol. The average Bonchev–Trinajstić information content (AvgIpc) is 2.33. The maximum atomic E-state index is 10.7. The molecule has 0 spiro atoms. The van der Waals surface area contributed by atoms with Crippen LogP contribution in [0.3, 0.4) is 0 Å². The highest BCUT2D eigenvalue weighted by molar-refractivity contribution is 5.73. The van der Waals surface area contributed by atoms with Gasteiger partial charge in [-0.3, -0.25) is 4.79 Å². The second-order valence-corrected chi connectivity index (χ2v) is 4.07. The van der Waals surface area contributed by atoms with Gasteiger partial charge in [-0.15, -0.1) is 0 Å². The van der Waals surface area contributed by atoms with Crippen molar-refractivity contribution in [2.75, 3.05) is 0 Å². The SMILES string of the molecule is O=C(O)[C@H]1[C@@H]2C[C@@H]3[C@H]([C@@H]2O)[C@@H]31. The van der Waals surface area contributed by atoms with Gasteiger partial charge in [0.1, 0.15) is 0 Å². The third-order valence-electron chi connectivity index (χ3n) is 3.83. The maximum Gasteiger partial charge on any atom is 0.307 e. The van der Waals surface area contributed by atoms with E-state index in [2.05, 4.69) is 0 Å². The molecule has 3 nitrogen and oxygen atoms in total. The van der Waals surface area contributed by atoms with E-state index in [9.17, 15) is 9.90 Å². The largest absolute Gasteiger partial charge is 0.481 e. The molecule has 0 aromatic rings. The van der Waals surface area contributed by atoms with Crippen molar-refractivity contribution in [2.24, 2.45) is 29.6 Å². The van der Waals surface area contributed by atoms with Gasteiger partial charge in [-0.05, 0) is 30.1 Å². The summed E-state index contributed by atoms with van der Waals surface area (Å²) in [5.74, 6) is 0.457. The van der Waals surface area contributed by atoms with Gasteiger partial charge in [-0.1, -0.05) is 0 Å². The number of rotatable bonds is 1. The molecule has 0 aromatic heterocycles. The van der Waals surface area contributed by atoms with Crippen LogP contribution in [0.25, 0.3) is 0 Å². The van der Waals surface area contributed by atoms with Crippen molar-refractivity contribution in [3.8, 4) is 0 Å². The van der Waals surface area contributed by atoms with E-state index in [1.165, 1.54) is 0 Å². The first kappa shape index (κ1) is 6.00. The summed E-state index contributed by atoms with van der Waals surface area (Å²) in [6, 6.07) is 0. The molecule has 0 saturated heterocycles. The molecule has 60 valence electrons. The molecule has 4 saturated carbocycles. The Morgan fingerprint density at radius 2 is 2.00 bits per heavy atom. The van der Waals surface area contributed by atoms with Gasteiger partial charge >= 0.3 is 5.97 Å². The molecule has 3 heteroatoms. The zero-order valence-corrected chi connectivity index (χ0v) is 5.97. The number of carboxylic acid groups (broad SMARTS) is 1. The first-order valence-corrected chi connectivity index (χ1v) is 4.12. The molecule has 4 bridgehead atoms. The Morgan fingerprint density at radius 3 is 2.18 bits per heavy atom. The lowest BCUT2D eigenvalue weighted by Crippen LogP contribution is -2.22. The highest BCUT2D eigenvalue weighted by Crippen LogP contribution is 2.73. The monoisotopic (exact) mass is 154 g/mol. The van der Waals surface area contributed by atoms with Gasteiger partial charge < -0.3 is 10.2 Å². The summed E-state index contributed by atoms with van der Waals surface area (Å²) in [6.07, 6.45) is 0.680. The fourth-order valence-corrected chi connectivity index (χ4v) is 3.46. The summed E-state index contributed by atoms with van der Waals surface area (Å²) in [4.78, 5) is 10.7. The molecule has 0 aliphatic heterocycles. The fourth-order valence-electron chi connectivity index (χ4n) is 3.46. The second-order valence-electron chi connectivity index (χ2n) is 4.07. The molecular weight excluding hydrogens is 144 g/mol. The van der Waals surface area contributed by atoms with Crippen molar-refractivity contribution < 1.29 is 15.0 Å². The molecule has 2 N–H and O–H groups in total. The number of carbonyl (C=O) groups is 1. The molecular formula is C8H10O3. The Bertz CT molecular complexity index is 237. The lowest BCUT2D eigenvalue weighted by atomic mass is 9.97. The molecule has 0 aromatic carbocycles. The summed E-state index contributed by atoms with van der Waals surface area (Å²) in [5.41, 5.74) is 0. The van der Waals surface area contributed by atoms with E-state index in [0.29, 0.717) is 17.8 Å². The van der Waals surface area contributed by atoms with E-state index < -0.39 is 5.97 Å². The summed E-state index contributed by atoms with van der Waals surface area (Å²) in [6.45, 7) is 0. The van der Waals surface area contributed by atoms with Gasteiger partial charge in [0.15, 0.2) is 0 Å². The Balaban J connectivity index is 1.97. The van der Waals surface area contributed by atoms with Gasteiger partial charge in [0.25, 0.3) is 0 Å². The van der Waals surface area contributed by atoms with E-state index in [1.807, 2.05) is 0 Å². The smallest absolute Gasteiger partial charge is 0.307 e. The molecule has 6 atom stereocenters. The third kappa shape index (κ3) is 0.466. The maximum absolute atomic E-state index is 10.7. The highest BCUT2D eigenvalue weighted by atomic mass is 16.4. The van der Waals surface area contributed by atoms with Gasteiger partial charge in [0.2, 0.25) is 0 Å². The molecule has 4 aliphatic rings. The number of aliphatic carboxylic acids is 1. The average molecular weight is 154 g/mol. The minimum absolute atomic E-state index is 0.0903. The van der Waals surface area contributed by atoms with Crippen LogP contribution in [0.5, 0.6) is 0 Å². The zero-order valence-electron chi connectivity index (χ0n) is 5.97. The van der Waals surface area contributed by atoms with Crippen LogP contribution in [0, 0.1) is 29.6 Å². The standard InChI is InChI=1S/C8H10O3/c9-7-3-1-2-4(5(2)7)6(3)8(10)11/h2-7,9H,1H2,(H,10,11)/t2-,3-,4+,5-,6-,7+/m0/s1. The Kier molecular flexibility index (Phi) is 0.796. The molecule has 4 fully saturated rings. The molecule has 4 aliphatic carbocycles. The van der Waals surface area contributed by atoms with Crippen molar-refractivity contribution in [2.45, 2.75) is 12.5 Å². The minimum atomic E-state index is -0.693. The second kappa shape index (κ2) is 1.46. The lowest BCUT2D eigenvalue weighted by molar-refractivity contribution is -0.143. The molecule has 0 amide bonds. The Labute approximate surface area is 64.0 Å². The van der Waals surface area contributed by atoms with Crippen LogP contribution < -0.4 is 0 Å². The van der Waals surface area contributed by atoms with Crippen LogP contribution in [0.2, 0.25) is 0 Å². The summed E-state index contributed by atoms with van der Waals surface area (Å²) in [5, 5.41) is 18.3. The van der Waals surface area contributed by atoms with Crippen LogP contribution in [-0.4, -0.2) is 22.3 Å². The van der Waals surface area contributed by atoms with E-state index in [-0.39, 0.29) is 17.9 Å². The van der Waals surface area contributed by atoms with Crippen LogP contribution in [0.1, 0.15) is 6.42 Å². The predicted octanol–water partition coefficient (Wildman–Crippen LogP) is -0.0562. The van der Waals surface area contributed by atoms with Crippen molar-refractivity contribution in [1.82, 2.24) is 0 Å². The van der Waals surface area contributed by atoms with E-state index in [4.69, 9.17) is 5.11 Å². The van der Waals surface area contributed by atoms with Crippen molar-refractivity contribution in [3.63, 3.8) is 0 Å². The van der Waals surface area contributed by atoms with Crippen LogP contribution in [-0.2, 0) is 4.79 Å². The van der Waals surface area contributed by atoms with Gasteiger partial charge in [0, 0.05) is 0 Å². The molecule has 0 unspecified atom stereocenters. The van der Waals surface area contributed by atoms with Gasteiger partial charge in [0.05, 0.1) is 12.0 Å². The lowest BCUT2D eigenvalue weighted by Gasteiger charge is -2.11. The number of hydrogen-bond acceptors (Lipinski definition) is 2. The number of hydrogen-bond donors (Lipinski definition) is 2. The van der Waals surface area contributed by atoms with Crippen LogP contribution in [0.4, 0.5) is 0 Å². The summed E-state index contributed by atoms with van der Waals surface area (Å²) < 4.78 is 0. The van der Waals surface area contributed by atoms with Gasteiger partial charge in [-0.2, -0.15) is 0 Å². The van der Waals surface area contributed by atoms with Crippen molar-refractivity contribution in [3.05, 3.63) is 0 Å². The molecule has 0 heterocycles. The van der Waals surface area contributed by atoms with E-state index >= 15 is 0 Å². The van der Waals surface area contributed by atoms with Crippen molar-refractivity contribution in [1.29, 1.82) is 0 Å². The van der Waals surface area contributed by atoms with Crippen LogP contribution in [0.15, 0.2) is 0 Å². The fraction of sp³-hybridized carbons (Fsp3) is 0.875. The zero-order chi connectivity index (χ0) is 7.75. The molecule has 4 rings (SSSR count). The molecule has 0 radical (unpaired) electrons. The summed E-state index contributed by atoms with van der Waals surface area (Å²) in [7, 11) is 0. The molecule has 11 heavy (non-hydrogen) atoms. The highest BCUT2D eigenvalue weighted by Gasteiger charge is 2.75. The van der Waals surface area contributed by atoms with E-state index in [1.54, 1.807) is 0 Å². The van der Waals surface area contributed by atoms with Crippen LogP contribution >= 0.6 is 0 Å². The Morgan fingerprint density at radius 1 is 1.27 bits per heavy atom. The van der Waals surface area contributed by atoms with Gasteiger partial charge in [-0.25, -0.2) is 0 Å². The number of aliphatic hydroxyl groups is 1. The van der Waals surface area contributed by atoms with E-state index in [0.717, 1.165) is 6.42 Å². The quantitative estimate of drug-likeness (QED) is 0.556. The Hall–Kier alpha value is -0.570.